The van der Waals surface area contributed by atoms with Gasteiger partial charge in [-0.05, 0) is 61.6 Å². The summed E-state index contributed by atoms with van der Waals surface area (Å²) in [5, 5.41) is 0. The first-order chi connectivity index (χ1) is 8.24. The van der Waals surface area contributed by atoms with Gasteiger partial charge in [0.15, 0.2) is 0 Å². The Balaban J connectivity index is 2.87. The molecule has 0 saturated heterocycles. The fraction of sp³-hybridized carbons (Fsp3) is 0.500. The topological polar surface area (TPSA) is 49.4 Å². The van der Waals surface area contributed by atoms with Crippen molar-refractivity contribution in [3.8, 4) is 0 Å². The molecule has 0 aliphatic carbocycles. The van der Waals surface area contributed by atoms with E-state index in [9.17, 15) is 8.42 Å². The number of hydrogen-bond acceptors (Lipinski definition) is 3. The predicted molar refractivity (Wildman–Crippen MR) is 77.2 cm³/mol. The summed E-state index contributed by atoms with van der Waals surface area (Å²) in [7, 11) is 0.375. The van der Waals surface area contributed by atoms with Crippen LogP contribution in [0.5, 0.6) is 0 Å². The van der Waals surface area contributed by atoms with E-state index in [-0.39, 0.29) is 10.9 Å². The Hall–Kier alpha value is -0.430. The summed E-state index contributed by atoms with van der Waals surface area (Å²) in [6, 6.07) is 5.34. The highest BCUT2D eigenvalue weighted by molar-refractivity contribution is 9.10. The third-order valence-corrected chi connectivity index (χ3v) is 5.23. The summed E-state index contributed by atoms with van der Waals surface area (Å²) < 4.78 is 27.5. The standard InChI is InChI=1S/C12H19BrN2O2S/c1-9-5-6-12(11(13)7-9)18(16,17)14-8-10(2)15(3)4/h5-7,10,14H,8H2,1-4H3/t10-/m0/s1. The molecule has 0 bridgehead atoms. The van der Waals surface area contributed by atoms with E-state index in [1.165, 1.54) is 0 Å². The van der Waals surface area contributed by atoms with Crippen molar-refractivity contribution in [1.82, 2.24) is 9.62 Å². The molecular formula is C12H19BrN2O2S. The summed E-state index contributed by atoms with van der Waals surface area (Å²) >= 11 is 3.29. The highest BCUT2D eigenvalue weighted by Crippen LogP contribution is 2.22. The number of nitrogens with one attached hydrogen (secondary N) is 1. The first kappa shape index (κ1) is 15.6. The summed E-state index contributed by atoms with van der Waals surface area (Å²) in [6.45, 7) is 4.27. The monoisotopic (exact) mass is 334 g/mol. The quantitative estimate of drug-likeness (QED) is 0.895. The number of sulfonamides is 1. The number of halogens is 1. The molecule has 0 saturated carbocycles. The van der Waals surface area contributed by atoms with E-state index < -0.39 is 10.0 Å². The van der Waals surface area contributed by atoms with Crippen molar-refractivity contribution >= 4 is 26.0 Å². The van der Waals surface area contributed by atoms with Crippen LogP contribution in [0.25, 0.3) is 0 Å². The van der Waals surface area contributed by atoms with Crippen molar-refractivity contribution in [3.05, 3.63) is 28.2 Å². The average Bonchev–Trinajstić information content (AvgIpc) is 2.25. The van der Waals surface area contributed by atoms with E-state index in [0.29, 0.717) is 11.0 Å². The summed E-state index contributed by atoms with van der Waals surface area (Å²) in [4.78, 5) is 2.24. The Bertz CT molecular complexity index is 515. The zero-order chi connectivity index (χ0) is 13.9. The zero-order valence-corrected chi connectivity index (χ0v) is 13.5. The lowest BCUT2D eigenvalue weighted by Crippen LogP contribution is -2.38. The van der Waals surface area contributed by atoms with Crippen molar-refractivity contribution in [2.45, 2.75) is 24.8 Å². The van der Waals surface area contributed by atoms with Gasteiger partial charge in [-0.1, -0.05) is 6.07 Å². The number of rotatable bonds is 5. The van der Waals surface area contributed by atoms with E-state index in [4.69, 9.17) is 0 Å². The normalized spacial score (nSPS) is 13.9. The van der Waals surface area contributed by atoms with Gasteiger partial charge in [0.25, 0.3) is 0 Å². The fourth-order valence-electron chi connectivity index (χ4n) is 1.31. The largest absolute Gasteiger partial charge is 0.305 e. The smallest absolute Gasteiger partial charge is 0.241 e. The molecular weight excluding hydrogens is 316 g/mol. The van der Waals surface area contributed by atoms with Crippen LogP contribution in [0.1, 0.15) is 12.5 Å². The van der Waals surface area contributed by atoms with Gasteiger partial charge < -0.3 is 4.90 Å². The summed E-state index contributed by atoms with van der Waals surface area (Å²) in [5.74, 6) is 0. The molecule has 0 unspecified atom stereocenters. The van der Waals surface area contributed by atoms with E-state index in [1.807, 2.05) is 32.8 Å². The molecule has 1 N–H and O–H groups in total. The van der Waals surface area contributed by atoms with Crippen LogP contribution in [0.15, 0.2) is 27.6 Å². The predicted octanol–water partition coefficient (Wildman–Crippen LogP) is 1.99. The molecule has 6 heteroatoms. The Morgan fingerprint density at radius 3 is 2.50 bits per heavy atom. The molecule has 1 aromatic carbocycles. The van der Waals surface area contributed by atoms with Crippen LogP contribution in [-0.4, -0.2) is 40.0 Å². The van der Waals surface area contributed by atoms with E-state index in [0.717, 1.165) is 5.56 Å². The molecule has 0 aromatic heterocycles. The Morgan fingerprint density at radius 2 is 2.00 bits per heavy atom. The van der Waals surface area contributed by atoms with Crippen molar-refractivity contribution in [1.29, 1.82) is 0 Å². The van der Waals surface area contributed by atoms with E-state index in [2.05, 4.69) is 20.7 Å². The van der Waals surface area contributed by atoms with Crippen molar-refractivity contribution in [2.24, 2.45) is 0 Å². The molecule has 1 rings (SSSR count). The lowest BCUT2D eigenvalue weighted by Gasteiger charge is -2.20. The molecule has 1 aromatic rings. The van der Waals surface area contributed by atoms with Gasteiger partial charge in [-0.15, -0.1) is 0 Å². The Morgan fingerprint density at radius 1 is 1.39 bits per heavy atom. The minimum Gasteiger partial charge on any atom is -0.305 e. The van der Waals surface area contributed by atoms with Gasteiger partial charge in [-0.25, -0.2) is 13.1 Å². The van der Waals surface area contributed by atoms with E-state index >= 15 is 0 Å². The maximum absolute atomic E-state index is 12.1. The molecule has 1 atom stereocenters. The van der Waals surface area contributed by atoms with Gasteiger partial charge in [0.2, 0.25) is 10.0 Å². The molecule has 0 aliphatic rings. The average molecular weight is 335 g/mol. The van der Waals surface area contributed by atoms with Crippen LogP contribution >= 0.6 is 15.9 Å². The maximum atomic E-state index is 12.1. The Labute approximate surface area is 118 Å². The molecule has 102 valence electrons. The van der Waals surface area contributed by atoms with E-state index in [1.54, 1.807) is 18.2 Å². The minimum absolute atomic E-state index is 0.143. The van der Waals surface area contributed by atoms with Crippen molar-refractivity contribution in [2.75, 3.05) is 20.6 Å². The first-order valence-electron chi connectivity index (χ1n) is 5.66. The molecule has 0 amide bonds. The summed E-state index contributed by atoms with van der Waals surface area (Å²) in [6.07, 6.45) is 0. The number of aryl methyl sites for hydroxylation is 1. The van der Waals surface area contributed by atoms with Crippen LogP contribution in [0.2, 0.25) is 0 Å². The van der Waals surface area contributed by atoms with Gasteiger partial charge in [-0.3, -0.25) is 0 Å². The van der Waals surface area contributed by atoms with Crippen LogP contribution < -0.4 is 4.72 Å². The fourth-order valence-corrected chi connectivity index (χ4v) is 3.63. The Kier molecular flexibility index (Phi) is 5.33. The minimum atomic E-state index is -3.46. The molecule has 4 nitrogen and oxygen atoms in total. The highest BCUT2D eigenvalue weighted by atomic mass is 79.9. The number of benzene rings is 1. The van der Waals surface area contributed by atoms with Crippen LogP contribution in [0.4, 0.5) is 0 Å². The lowest BCUT2D eigenvalue weighted by atomic mass is 10.2. The van der Waals surface area contributed by atoms with Crippen LogP contribution in [-0.2, 0) is 10.0 Å². The highest BCUT2D eigenvalue weighted by Gasteiger charge is 2.18. The number of likely N-dealkylation sites (N-methyl/N-ethyl adjacent to an activating group) is 1. The number of hydrogen-bond donors (Lipinski definition) is 1. The maximum Gasteiger partial charge on any atom is 0.241 e. The molecule has 0 radical (unpaired) electrons. The zero-order valence-electron chi connectivity index (χ0n) is 11.1. The second-order valence-electron chi connectivity index (χ2n) is 4.60. The molecule has 18 heavy (non-hydrogen) atoms. The molecule has 0 heterocycles. The van der Waals surface area contributed by atoms with Crippen molar-refractivity contribution in [3.63, 3.8) is 0 Å². The molecule has 0 fully saturated rings. The lowest BCUT2D eigenvalue weighted by molar-refractivity contribution is 0.314. The second kappa shape index (κ2) is 6.14. The summed E-state index contributed by atoms with van der Waals surface area (Å²) in [5.41, 5.74) is 1.02. The van der Waals surface area contributed by atoms with Gasteiger partial charge in [0, 0.05) is 17.1 Å². The second-order valence-corrected chi connectivity index (χ2v) is 7.19. The van der Waals surface area contributed by atoms with Crippen molar-refractivity contribution < 1.29 is 8.42 Å². The van der Waals surface area contributed by atoms with Gasteiger partial charge in [0.1, 0.15) is 0 Å². The van der Waals surface area contributed by atoms with Crippen LogP contribution in [0, 0.1) is 6.92 Å². The number of nitrogens with zero attached hydrogens (tertiary/aromatic N) is 1. The molecule has 0 aliphatic heterocycles. The SMILES string of the molecule is Cc1ccc(S(=O)(=O)NC[C@H](C)N(C)C)c(Br)c1. The first-order valence-corrected chi connectivity index (χ1v) is 7.94. The molecule has 0 spiro atoms. The van der Waals surface area contributed by atoms with Gasteiger partial charge in [-0.2, -0.15) is 0 Å². The van der Waals surface area contributed by atoms with Gasteiger partial charge in [0.05, 0.1) is 4.90 Å². The third-order valence-electron chi connectivity index (χ3n) is 2.83. The van der Waals surface area contributed by atoms with Gasteiger partial charge >= 0.3 is 0 Å². The van der Waals surface area contributed by atoms with Crippen LogP contribution in [0.3, 0.4) is 0 Å². The third kappa shape index (κ3) is 4.05.